The minimum atomic E-state index is -0.263. The van der Waals surface area contributed by atoms with Crippen molar-refractivity contribution in [2.75, 3.05) is 6.54 Å². The zero-order valence-electron chi connectivity index (χ0n) is 19.0. The summed E-state index contributed by atoms with van der Waals surface area (Å²) in [5.74, 6) is -0.366. The molecule has 0 aliphatic carbocycles. The first-order valence-electron chi connectivity index (χ1n) is 11.3. The molecule has 0 saturated carbocycles. The number of benzene rings is 1. The van der Waals surface area contributed by atoms with Crippen LogP contribution in [0.4, 0.5) is 4.39 Å². The highest BCUT2D eigenvalue weighted by Crippen LogP contribution is 2.33. The van der Waals surface area contributed by atoms with Gasteiger partial charge in [0, 0.05) is 29.7 Å². The molecule has 1 aliphatic rings. The van der Waals surface area contributed by atoms with Gasteiger partial charge in [-0.15, -0.1) is 0 Å². The van der Waals surface area contributed by atoms with Gasteiger partial charge in [0.2, 0.25) is 0 Å². The standard InChI is InChI=1S/C26H26FN5O/c1-16-12-18(3)32-25(29-16)15-23(30-32)26(33)31-11-5-4-6-24(31)22-14-20(13-17(2)28-22)19-7-9-21(27)10-8-19/h7-10,12-15,24H,4-6,11H2,1-3H3/t24-/m0/s1. The predicted molar refractivity (Wildman–Crippen MR) is 124 cm³/mol. The fourth-order valence-corrected chi connectivity index (χ4v) is 4.69. The number of aryl methyl sites for hydroxylation is 3. The van der Waals surface area contributed by atoms with E-state index >= 15 is 0 Å². The largest absolute Gasteiger partial charge is 0.329 e. The number of nitrogens with zero attached hydrogens (tertiary/aromatic N) is 5. The van der Waals surface area contributed by atoms with Crippen LogP contribution in [-0.4, -0.2) is 36.9 Å². The van der Waals surface area contributed by atoms with Gasteiger partial charge in [0.25, 0.3) is 5.91 Å². The molecule has 0 spiro atoms. The Labute approximate surface area is 192 Å². The van der Waals surface area contributed by atoms with Crippen molar-refractivity contribution in [2.24, 2.45) is 0 Å². The van der Waals surface area contributed by atoms with Crippen LogP contribution in [0.15, 0.2) is 48.5 Å². The van der Waals surface area contributed by atoms with Crippen LogP contribution < -0.4 is 0 Å². The van der Waals surface area contributed by atoms with Crippen LogP contribution in [-0.2, 0) is 0 Å². The first kappa shape index (κ1) is 21.2. The molecule has 33 heavy (non-hydrogen) atoms. The van der Waals surface area contributed by atoms with Crippen LogP contribution in [0, 0.1) is 26.6 Å². The molecular weight excluding hydrogens is 417 g/mol. The van der Waals surface area contributed by atoms with Gasteiger partial charge in [-0.25, -0.2) is 13.9 Å². The first-order valence-corrected chi connectivity index (χ1v) is 11.3. The average Bonchev–Trinajstić information content (AvgIpc) is 3.23. The maximum absolute atomic E-state index is 13.6. The van der Waals surface area contributed by atoms with Gasteiger partial charge in [-0.3, -0.25) is 9.78 Å². The van der Waals surface area contributed by atoms with Crippen LogP contribution in [0.1, 0.15) is 58.6 Å². The van der Waals surface area contributed by atoms with Crippen molar-refractivity contribution in [1.29, 1.82) is 0 Å². The van der Waals surface area contributed by atoms with Crippen LogP contribution in [0.5, 0.6) is 0 Å². The summed E-state index contributed by atoms with van der Waals surface area (Å²) in [6.07, 6.45) is 2.82. The van der Waals surface area contributed by atoms with E-state index in [0.29, 0.717) is 17.9 Å². The van der Waals surface area contributed by atoms with Crippen molar-refractivity contribution >= 4 is 11.6 Å². The van der Waals surface area contributed by atoms with Gasteiger partial charge in [0.05, 0.1) is 11.7 Å². The number of carbonyl (C=O) groups excluding carboxylic acids is 1. The Morgan fingerprint density at radius 3 is 2.48 bits per heavy atom. The summed E-state index contributed by atoms with van der Waals surface area (Å²) in [7, 11) is 0. The molecule has 0 bridgehead atoms. The highest BCUT2D eigenvalue weighted by Gasteiger charge is 2.31. The second-order valence-electron chi connectivity index (χ2n) is 8.78. The molecular formula is C26H26FN5O. The molecule has 1 atom stereocenters. The molecule has 6 nitrogen and oxygen atoms in total. The van der Waals surface area contributed by atoms with Crippen LogP contribution in [0.3, 0.4) is 0 Å². The van der Waals surface area contributed by atoms with Gasteiger partial charge in [-0.05, 0) is 81.5 Å². The molecule has 4 heterocycles. The normalized spacial score (nSPS) is 16.4. The van der Waals surface area contributed by atoms with Gasteiger partial charge in [0.1, 0.15) is 5.82 Å². The summed E-state index contributed by atoms with van der Waals surface area (Å²) in [5, 5.41) is 4.55. The summed E-state index contributed by atoms with van der Waals surface area (Å²) < 4.78 is 15.1. The van der Waals surface area contributed by atoms with Crippen molar-refractivity contribution in [3.63, 3.8) is 0 Å². The summed E-state index contributed by atoms with van der Waals surface area (Å²) in [4.78, 5) is 24.8. The molecule has 5 rings (SSSR count). The lowest BCUT2D eigenvalue weighted by Gasteiger charge is -2.35. The number of amides is 1. The number of fused-ring (bicyclic) bond motifs is 1. The highest BCUT2D eigenvalue weighted by atomic mass is 19.1. The van der Waals surface area contributed by atoms with Crippen molar-refractivity contribution in [1.82, 2.24) is 24.5 Å². The number of halogens is 1. The number of likely N-dealkylation sites (tertiary alicyclic amines) is 1. The zero-order chi connectivity index (χ0) is 23.1. The summed E-state index contributed by atoms with van der Waals surface area (Å²) in [6, 6.07) is 14.1. The van der Waals surface area contributed by atoms with Crippen LogP contribution >= 0.6 is 0 Å². The van der Waals surface area contributed by atoms with E-state index in [1.807, 2.05) is 43.9 Å². The number of pyridine rings is 1. The van der Waals surface area contributed by atoms with E-state index in [0.717, 1.165) is 53.2 Å². The Morgan fingerprint density at radius 1 is 0.939 bits per heavy atom. The zero-order valence-corrected chi connectivity index (χ0v) is 19.0. The first-order chi connectivity index (χ1) is 15.9. The van der Waals surface area contributed by atoms with Crippen molar-refractivity contribution in [2.45, 2.75) is 46.1 Å². The smallest absolute Gasteiger partial charge is 0.275 e. The SMILES string of the molecule is Cc1cc(-c2ccc(F)cc2)cc([C@@H]2CCCCN2C(=O)c2cc3nc(C)cc(C)n3n2)n1. The topological polar surface area (TPSA) is 63.4 Å². The van der Waals surface area contributed by atoms with E-state index in [-0.39, 0.29) is 17.8 Å². The second kappa shape index (κ2) is 8.39. The molecule has 7 heteroatoms. The minimum absolute atomic E-state index is 0.103. The summed E-state index contributed by atoms with van der Waals surface area (Å²) >= 11 is 0. The Kier molecular flexibility index (Phi) is 5.40. The van der Waals surface area contributed by atoms with E-state index < -0.39 is 0 Å². The molecule has 0 N–H and O–H groups in total. The van der Waals surface area contributed by atoms with E-state index in [4.69, 9.17) is 4.98 Å². The summed E-state index contributed by atoms with van der Waals surface area (Å²) in [6.45, 7) is 6.50. The maximum Gasteiger partial charge on any atom is 0.275 e. The van der Waals surface area contributed by atoms with E-state index in [2.05, 4.69) is 10.1 Å². The minimum Gasteiger partial charge on any atom is -0.329 e. The summed E-state index contributed by atoms with van der Waals surface area (Å²) in [5.41, 5.74) is 6.53. The third-order valence-corrected chi connectivity index (χ3v) is 6.21. The molecule has 4 aromatic rings. The van der Waals surface area contributed by atoms with E-state index in [9.17, 15) is 9.18 Å². The molecule has 1 aliphatic heterocycles. The van der Waals surface area contributed by atoms with E-state index in [1.165, 1.54) is 12.1 Å². The fraction of sp³-hybridized carbons (Fsp3) is 0.308. The number of piperidine rings is 1. The fourth-order valence-electron chi connectivity index (χ4n) is 4.69. The van der Waals surface area contributed by atoms with Crippen LogP contribution in [0.2, 0.25) is 0 Å². The second-order valence-corrected chi connectivity index (χ2v) is 8.78. The molecule has 3 aromatic heterocycles. The van der Waals surface area contributed by atoms with Crippen LogP contribution in [0.25, 0.3) is 16.8 Å². The van der Waals surface area contributed by atoms with E-state index in [1.54, 1.807) is 22.7 Å². The third kappa shape index (κ3) is 4.11. The lowest BCUT2D eigenvalue weighted by atomic mass is 9.95. The van der Waals surface area contributed by atoms with Gasteiger partial charge < -0.3 is 4.90 Å². The number of aromatic nitrogens is 4. The maximum atomic E-state index is 13.6. The lowest BCUT2D eigenvalue weighted by molar-refractivity contribution is 0.0599. The number of carbonyl (C=O) groups is 1. The molecule has 1 aromatic carbocycles. The van der Waals surface area contributed by atoms with Gasteiger partial charge in [0.15, 0.2) is 11.3 Å². The Morgan fingerprint density at radius 2 is 1.70 bits per heavy atom. The number of hydrogen-bond acceptors (Lipinski definition) is 4. The lowest BCUT2D eigenvalue weighted by Crippen LogP contribution is -2.39. The number of rotatable bonds is 3. The van der Waals surface area contributed by atoms with Crippen molar-refractivity contribution < 1.29 is 9.18 Å². The Hall–Kier alpha value is -3.61. The predicted octanol–water partition coefficient (Wildman–Crippen LogP) is 5.22. The highest BCUT2D eigenvalue weighted by molar-refractivity contribution is 5.93. The van der Waals surface area contributed by atoms with Gasteiger partial charge in [-0.1, -0.05) is 12.1 Å². The molecule has 168 valence electrons. The number of hydrogen-bond donors (Lipinski definition) is 0. The molecule has 1 saturated heterocycles. The van der Waals surface area contributed by atoms with Crippen molar-refractivity contribution in [3.05, 3.63) is 82.8 Å². The van der Waals surface area contributed by atoms with Gasteiger partial charge >= 0.3 is 0 Å². The average molecular weight is 444 g/mol. The molecule has 1 fully saturated rings. The third-order valence-electron chi connectivity index (χ3n) is 6.21. The Balaban J connectivity index is 1.51. The monoisotopic (exact) mass is 443 g/mol. The molecule has 0 unspecified atom stereocenters. The molecule has 1 amide bonds. The molecule has 0 radical (unpaired) electrons. The van der Waals surface area contributed by atoms with Gasteiger partial charge in [-0.2, -0.15) is 5.10 Å². The quantitative estimate of drug-likeness (QED) is 0.435. The Bertz CT molecular complexity index is 1350. The van der Waals surface area contributed by atoms with Crippen molar-refractivity contribution in [3.8, 4) is 11.1 Å².